The van der Waals surface area contributed by atoms with Gasteiger partial charge in [0.25, 0.3) is 0 Å². The van der Waals surface area contributed by atoms with Gasteiger partial charge in [-0.15, -0.1) is 0 Å². The standard InChI is InChI=1S/C4H9O.C3H7O/c1-3-5-4-2;1-3-4-2/h1,3-4H2,2H3;1,3H2,2H3. The average molecular weight is 132 g/mol. The van der Waals surface area contributed by atoms with Gasteiger partial charge >= 0.3 is 0 Å². The molecule has 0 aromatic heterocycles. The molecule has 0 aliphatic carbocycles. The maximum atomic E-state index is 4.72. The van der Waals surface area contributed by atoms with Crippen LogP contribution in [0, 0.1) is 13.8 Å². The minimum atomic E-state index is 0.569. The second kappa shape index (κ2) is 15.7. The molecule has 0 aliphatic heterocycles. The van der Waals surface area contributed by atoms with Gasteiger partial charge in [-0.05, 0) is 20.8 Å². The zero-order chi connectivity index (χ0) is 7.54. The van der Waals surface area contributed by atoms with E-state index in [0.29, 0.717) is 13.2 Å². The quantitative estimate of drug-likeness (QED) is 0.576. The molecule has 2 nitrogen and oxygen atoms in total. The number of hydrogen-bond donors (Lipinski definition) is 0. The normalized spacial score (nSPS) is 8.00. The fourth-order valence-electron chi connectivity index (χ4n) is 0.144. The van der Waals surface area contributed by atoms with Gasteiger partial charge in [-0.25, -0.2) is 0 Å². The molecule has 2 heteroatoms. The molecule has 56 valence electrons. The number of methoxy groups -OCH3 is 1. The molecule has 0 bridgehead atoms. The van der Waals surface area contributed by atoms with Crippen molar-refractivity contribution >= 4 is 0 Å². The van der Waals surface area contributed by atoms with Crippen LogP contribution in [0.5, 0.6) is 0 Å². The Balaban J connectivity index is 0. The molecule has 0 rings (SSSR count). The van der Waals surface area contributed by atoms with Crippen molar-refractivity contribution in [2.24, 2.45) is 0 Å². The third-order valence-corrected chi connectivity index (χ3v) is 0.553. The first kappa shape index (κ1) is 11.7. The summed E-state index contributed by atoms with van der Waals surface area (Å²) in [6.45, 7) is 10.7. The molecule has 0 unspecified atom stereocenters. The summed E-state index contributed by atoms with van der Waals surface area (Å²) in [4.78, 5) is 0. The molecule has 0 saturated carbocycles. The maximum Gasteiger partial charge on any atom is 0.0466 e. The van der Waals surface area contributed by atoms with Crippen LogP contribution in [-0.2, 0) is 9.47 Å². The van der Waals surface area contributed by atoms with Crippen molar-refractivity contribution in [3.63, 3.8) is 0 Å². The van der Waals surface area contributed by atoms with E-state index in [1.165, 1.54) is 0 Å². The van der Waals surface area contributed by atoms with Gasteiger partial charge in [0.1, 0.15) is 0 Å². The lowest BCUT2D eigenvalue weighted by molar-refractivity contribution is 0.176. The lowest BCUT2D eigenvalue weighted by Gasteiger charge is -1.86. The minimum absolute atomic E-state index is 0.569. The van der Waals surface area contributed by atoms with Crippen LogP contribution in [0.4, 0.5) is 0 Å². The van der Waals surface area contributed by atoms with Gasteiger partial charge < -0.3 is 9.47 Å². The zero-order valence-corrected chi connectivity index (χ0v) is 6.35. The van der Waals surface area contributed by atoms with E-state index in [1.807, 2.05) is 6.92 Å². The minimum Gasteiger partial charge on any atom is -0.385 e. The van der Waals surface area contributed by atoms with Crippen molar-refractivity contribution in [3.05, 3.63) is 13.8 Å². The number of rotatable bonds is 3. The first-order chi connectivity index (χ1) is 4.33. The molecule has 0 spiro atoms. The maximum absolute atomic E-state index is 4.72. The lowest BCUT2D eigenvalue weighted by atomic mass is 10.8. The number of hydrogen-bond acceptors (Lipinski definition) is 2. The predicted molar refractivity (Wildman–Crippen MR) is 39.1 cm³/mol. The van der Waals surface area contributed by atoms with Gasteiger partial charge in [0.2, 0.25) is 0 Å². The van der Waals surface area contributed by atoms with E-state index >= 15 is 0 Å². The van der Waals surface area contributed by atoms with Crippen molar-refractivity contribution in [2.45, 2.75) is 6.92 Å². The van der Waals surface area contributed by atoms with Crippen molar-refractivity contribution in [3.8, 4) is 0 Å². The lowest BCUT2D eigenvalue weighted by Crippen LogP contribution is -1.84. The van der Waals surface area contributed by atoms with Gasteiger partial charge in [0.05, 0.1) is 0 Å². The summed E-state index contributed by atoms with van der Waals surface area (Å²) in [7, 11) is 1.62. The van der Waals surface area contributed by atoms with E-state index < -0.39 is 0 Å². The molecule has 0 heterocycles. The highest BCUT2D eigenvalue weighted by molar-refractivity contribution is 4.24. The molecule has 0 aromatic carbocycles. The summed E-state index contributed by atoms with van der Waals surface area (Å²) in [5.41, 5.74) is 0. The van der Waals surface area contributed by atoms with Gasteiger partial charge in [-0.2, -0.15) is 0 Å². The number of ether oxygens (including phenoxy) is 2. The fraction of sp³-hybridized carbons (Fsp3) is 0.714. The molecule has 0 fully saturated rings. The third kappa shape index (κ3) is 32.6. The van der Waals surface area contributed by atoms with Crippen molar-refractivity contribution in [2.75, 3.05) is 26.9 Å². The Morgan fingerprint density at radius 1 is 1.22 bits per heavy atom. The average Bonchev–Trinajstić information content (AvgIpc) is 1.91. The summed E-state index contributed by atoms with van der Waals surface area (Å²) in [5, 5.41) is 0. The van der Waals surface area contributed by atoms with Gasteiger partial charge in [0, 0.05) is 26.9 Å². The Kier molecular flexibility index (Phi) is 20.3. The highest BCUT2D eigenvalue weighted by Gasteiger charge is 1.64. The molecular weight excluding hydrogens is 116 g/mol. The van der Waals surface area contributed by atoms with E-state index in [2.05, 4.69) is 18.6 Å². The van der Waals surface area contributed by atoms with Crippen LogP contribution in [0.3, 0.4) is 0 Å². The summed E-state index contributed by atoms with van der Waals surface area (Å²) < 4.78 is 9.15. The van der Waals surface area contributed by atoms with E-state index in [-0.39, 0.29) is 0 Å². The Morgan fingerprint density at radius 3 is 1.67 bits per heavy atom. The fourth-order valence-corrected chi connectivity index (χ4v) is 0.144. The van der Waals surface area contributed by atoms with Crippen LogP contribution >= 0.6 is 0 Å². The van der Waals surface area contributed by atoms with Gasteiger partial charge in [0.15, 0.2) is 0 Å². The summed E-state index contributed by atoms with van der Waals surface area (Å²) >= 11 is 0. The zero-order valence-electron chi connectivity index (χ0n) is 6.35. The SMILES string of the molecule is [CH2]COC.[CH2]COCC. The Labute approximate surface area is 58.2 Å². The van der Waals surface area contributed by atoms with Gasteiger partial charge in [-0.3, -0.25) is 0 Å². The molecule has 0 N–H and O–H groups in total. The van der Waals surface area contributed by atoms with E-state index in [4.69, 9.17) is 4.74 Å². The van der Waals surface area contributed by atoms with Crippen LogP contribution in [0.25, 0.3) is 0 Å². The molecule has 0 saturated heterocycles. The van der Waals surface area contributed by atoms with Crippen LogP contribution < -0.4 is 0 Å². The van der Waals surface area contributed by atoms with Gasteiger partial charge in [-0.1, -0.05) is 0 Å². The molecule has 2 radical (unpaired) electrons. The first-order valence-corrected chi connectivity index (χ1v) is 2.98. The molecule has 0 amide bonds. The Morgan fingerprint density at radius 2 is 1.67 bits per heavy atom. The van der Waals surface area contributed by atoms with Crippen LogP contribution in [0.1, 0.15) is 6.92 Å². The molecule has 9 heavy (non-hydrogen) atoms. The second-order valence-electron chi connectivity index (χ2n) is 1.19. The summed E-state index contributed by atoms with van der Waals surface area (Å²) in [6.07, 6.45) is 0. The van der Waals surface area contributed by atoms with Crippen molar-refractivity contribution in [1.82, 2.24) is 0 Å². The molecule has 0 aliphatic rings. The van der Waals surface area contributed by atoms with Crippen molar-refractivity contribution in [1.29, 1.82) is 0 Å². The third-order valence-electron chi connectivity index (χ3n) is 0.553. The highest BCUT2D eigenvalue weighted by Crippen LogP contribution is 1.63. The first-order valence-electron chi connectivity index (χ1n) is 2.98. The molecule has 0 aromatic rings. The highest BCUT2D eigenvalue weighted by atomic mass is 16.5. The largest absolute Gasteiger partial charge is 0.385 e. The second-order valence-corrected chi connectivity index (χ2v) is 1.19. The monoisotopic (exact) mass is 132 g/mol. The van der Waals surface area contributed by atoms with E-state index in [0.717, 1.165) is 6.61 Å². The van der Waals surface area contributed by atoms with Crippen molar-refractivity contribution < 1.29 is 9.47 Å². The molecule has 0 atom stereocenters. The van der Waals surface area contributed by atoms with Crippen LogP contribution in [0.15, 0.2) is 0 Å². The summed E-state index contributed by atoms with van der Waals surface area (Å²) in [5.74, 6) is 0. The molecular formula is C7H16O2. The Hall–Kier alpha value is -0.0800. The Bertz CT molecular complexity index is 26.1. The smallest absolute Gasteiger partial charge is 0.0466 e. The van der Waals surface area contributed by atoms with E-state index in [1.54, 1.807) is 7.11 Å². The summed E-state index contributed by atoms with van der Waals surface area (Å²) in [6, 6.07) is 0. The van der Waals surface area contributed by atoms with Crippen LogP contribution in [-0.4, -0.2) is 26.9 Å². The topological polar surface area (TPSA) is 18.5 Å². The van der Waals surface area contributed by atoms with E-state index in [9.17, 15) is 0 Å². The van der Waals surface area contributed by atoms with Crippen LogP contribution in [0.2, 0.25) is 0 Å². The predicted octanol–water partition coefficient (Wildman–Crippen LogP) is 1.32.